The summed E-state index contributed by atoms with van der Waals surface area (Å²) < 4.78 is 0. The maximum Gasteiger partial charge on any atom is 0.131 e. The largest absolute Gasteiger partial charge is 0.340 e. The van der Waals surface area contributed by atoms with Gasteiger partial charge < -0.3 is 5.32 Å². The summed E-state index contributed by atoms with van der Waals surface area (Å²) in [5.74, 6) is 0.681. The summed E-state index contributed by atoms with van der Waals surface area (Å²) in [7, 11) is 0. The van der Waals surface area contributed by atoms with E-state index in [1.807, 2.05) is 30.3 Å². The van der Waals surface area contributed by atoms with Gasteiger partial charge in [0.15, 0.2) is 0 Å². The molecule has 2 aromatic rings. The summed E-state index contributed by atoms with van der Waals surface area (Å²) in [5.41, 5.74) is 1.56. The maximum atomic E-state index is 8.72. The van der Waals surface area contributed by atoms with E-state index >= 15 is 0 Å². The Labute approximate surface area is 88.0 Å². The molecule has 1 N–H and O–H groups in total. The summed E-state index contributed by atoms with van der Waals surface area (Å²) in [4.78, 5) is 4.12. The molecule has 1 aromatic heterocycles. The van der Waals surface area contributed by atoms with E-state index in [9.17, 15) is 0 Å². The van der Waals surface area contributed by atoms with Crippen molar-refractivity contribution in [3.05, 3.63) is 54.2 Å². The van der Waals surface area contributed by atoms with Gasteiger partial charge in [-0.15, -0.1) is 0 Å². The van der Waals surface area contributed by atoms with Crippen LogP contribution in [0.3, 0.4) is 0 Å². The SMILES string of the molecule is N#Cc1ccnc(Nc2ccccc2)c1. The Balaban J connectivity index is 2.22. The second-order valence-electron chi connectivity index (χ2n) is 3.03. The van der Waals surface area contributed by atoms with Crippen LogP contribution in [0.5, 0.6) is 0 Å². The second kappa shape index (κ2) is 4.25. The number of para-hydroxylation sites is 1. The van der Waals surface area contributed by atoms with Crippen LogP contribution in [0.4, 0.5) is 11.5 Å². The molecule has 0 atom stereocenters. The number of nitriles is 1. The fourth-order valence-electron chi connectivity index (χ4n) is 1.24. The van der Waals surface area contributed by atoms with Gasteiger partial charge in [0, 0.05) is 11.9 Å². The van der Waals surface area contributed by atoms with E-state index in [4.69, 9.17) is 5.26 Å². The predicted octanol–water partition coefficient (Wildman–Crippen LogP) is 2.70. The molecule has 0 unspecified atom stereocenters. The van der Waals surface area contributed by atoms with Crippen LogP contribution in [-0.4, -0.2) is 4.98 Å². The van der Waals surface area contributed by atoms with Crippen molar-refractivity contribution in [3.63, 3.8) is 0 Å². The van der Waals surface area contributed by atoms with Gasteiger partial charge in [0.1, 0.15) is 5.82 Å². The first-order valence-electron chi connectivity index (χ1n) is 4.57. The molecule has 0 spiro atoms. The lowest BCUT2D eigenvalue weighted by atomic mass is 10.3. The van der Waals surface area contributed by atoms with Gasteiger partial charge in [0.2, 0.25) is 0 Å². The molecule has 0 amide bonds. The van der Waals surface area contributed by atoms with Crippen LogP contribution in [0.1, 0.15) is 5.56 Å². The third kappa shape index (κ3) is 2.32. The van der Waals surface area contributed by atoms with Gasteiger partial charge in [-0.2, -0.15) is 5.26 Å². The second-order valence-corrected chi connectivity index (χ2v) is 3.03. The zero-order valence-electron chi connectivity index (χ0n) is 8.01. The first-order chi connectivity index (χ1) is 7.38. The molecule has 1 heterocycles. The molecule has 1 aromatic carbocycles. The summed E-state index contributed by atoms with van der Waals surface area (Å²) in [6.45, 7) is 0. The van der Waals surface area contributed by atoms with E-state index < -0.39 is 0 Å². The van der Waals surface area contributed by atoms with Gasteiger partial charge in [0.25, 0.3) is 0 Å². The Kier molecular flexibility index (Phi) is 2.61. The van der Waals surface area contributed by atoms with Crippen LogP contribution in [0, 0.1) is 11.3 Å². The lowest BCUT2D eigenvalue weighted by molar-refractivity contribution is 1.29. The van der Waals surface area contributed by atoms with Crippen LogP contribution in [0.15, 0.2) is 48.7 Å². The van der Waals surface area contributed by atoms with Gasteiger partial charge in [0.05, 0.1) is 11.6 Å². The molecule has 3 heteroatoms. The van der Waals surface area contributed by atoms with Crippen molar-refractivity contribution < 1.29 is 0 Å². The van der Waals surface area contributed by atoms with E-state index in [0.29, 0.717) is 11.4 Å². The fraction of sp³-hybridized carbons (Fsp3) is 0. The Morgan fingerprint density at radius 3 is 2.67 bits per heavy atom. The lowest BCUT2D eigenvalue weighted by Gasteiger charge is -2.04. The molecule has 0 fully saturated rings. The van der Waals surface area contributed by atoms with Gasteiger partial charge >= 0.3 is 0 Å². The number of benzene rings is 1. The van der Waals surface area contributed by atoms with E-state index in [1.54, 1.807) is 18.3 Å². The maximum absolute atomic E-state index is 8.72. The number of hydrogen-bond acceptors (Lipinski definition) is 3. The molecule has 3 nitrogen and oxygen atoms in total. The van der Waals surface area contributed by atoms with E-state index in [-0.39, 0.29) is 0 Å². The molecule has 0 aliphatic rings. The molecule has 0 saturated carbocycles. The zero-order chi connectivity index (χ0) is 10.5. The highest BCUT2D eigenvalue weighted by atomic mass is 15.0. The van der Waals surface area contributed by atoms with Crippen molar-refractivity contribution in [1.82, 2.24) is 4.98 Å². The first-order valence-corrected chi connectivity index (χ1v) is 4.57. The average Bonchev–Trinajstić information content (AvgIpc) is 2.31. The van der Waals surface area contributed by atoms with Gasteiger partial charge in [-0.1, -0.05) is 18.2 Å². The van der Waals surface area contributed by atoms with Crippen molar-refractivity contribution in [2.45, 2.75) is 0 Å². The standard InChI is InChI=1S/C12H9N3/c13-9-10-6-7-14-12(8-10)15-11-4-2-1-3-5-11/h1-8H,(H,14,15). The average molecular weight is 195 g/mol. The smallest absolute Gasteiger partial charge is 0.131 e. The van der Waals surface area contributed by atoms with Crippen molar-refractivity contribution in [1.29, 1.82) is 5.26 Å². The predicted molar refractivity (Wildman–Crippen MR) is 58.7 cm³/mol. The third-order valence-corrected chi connectivity index (χ3v) is 1.94. The molecule has 15 heavy (non-hydrogen) atoms. The van der Waals surface area contributed by atoms with E-state index in [2.05, 4.69) is 16.4 Å². The molecule has 2 rings (SSSR count). The topological polar surface area (TPSA) is 48.7 Å². The van der Waals surface area contributed by atoms with E-state index in [1.165, 1.54) is 0 Å². The minimum Gasteiger partial charge on any atom is -0.340 e. The minimum atomic E-state index is 0.600. The van der Waals surface area contributed by atoms with Crippen molar-refractivity contribution in [2.75, 3.05) is 5.32 Å². The van der Waals surface area contributed by atoms with Gasteiger partial charge in [-0.3, -0.25) is 0 Å². The summed E-state index contributed by atoms with van der Waals surface area (Å²) in [6.07, 6.45) is 1.61. The number of anilines is 2. The monoisotopic (exact) mass is 195 g/mol. The zero-order valence-corrected chi connectivity index (χ0v) is 8.01. The molecule has 72 valence electrons. The molecule has 0 aliphatic carbocycles. The van der Waals surface area contributed by atoms with E-state index in [0.717, 1.165) is 5.69 Å². The quantitative estimate of drug-likeness (QED) is 0.801. The highest BCUT2D eigenvalue weighted by Gasteiger charge is 1.96. The van der Waals surface area contributed by atoms with Crippen LogP contribution in [-0.2, 0) is 0 Å². The van der Waals surface area contributed by atoms with Crippen molar-refractivity contribution >= 4 is 11.5 Å². The first kappa shape index (κ1) is 9.22. The summed E-state index contributed by atoms with van der Waals surface area (Å²) in [6, 6.07) is 15.2. The Morgan fingerprint density at radius 1 is 1.13 bits per heavy atom. The number of nitrogens with one attached hydrogen (secondary N) is 1. The number of pyridine rings is 1. The lowest BCUT2D eigenvalue weighted by Crippen LogP contribution is -1.93. The molecule has 0 aliphatic heterocycles. The van der Waals surface area contributed by atoms with Crippen LogP contribution >= 0.6 is 0 Å². The molecular weight excluding hydrogens is 186 g/mol. The number of aromatic nitrogens is 1. The molecular formula is C12H9N3. The highest BCUT2D eigenvalue weighted by molar-refractivity contribution is 5.57. The third-order valence-electron chi connectivity index (χ3n) is 1.94. The highest BCUT2D eigenvalue weighted by Crippen LogP contribution is 2.13. The van der Waals surface area contributed by atoms with Crippen molar-refractivity contribution in [3.8, 4) is 6.07 Å². The summed E-state index contributed by atoms with van der Waals surface area (Å²) >= 11 is 0. The van der Waals surface area contributed by atoms with Crippen LogP contribution in [0.2, 0.25) is 0 Å². The number of nitrogens with zero attached hydrogens (tertiary/aromatic N) is 2. The molecule has 0 saturated heterocycles. The Hall–Kier alpha value is -2.34. The Bertz CT molecular complexity index is 486. The number of rotatable bonds is 2. The van der Waals surface area contributed by atoms with Gasteiger partial charge in [-0.05, 0) is 24.3 Å². The minimum absolute atomic E-state index is 0.600. The number of hydrogen-bond donors (Lipinski definition) is 1. The Morgan fingerprint density at radius 2 is 1.93 bits per heavy atom. The van der Waals surface area contributed by atoms with Crippen LogP contribution in [0.25, 0.3) is 0 Å². The summed E-state index contributed by atoms with van der Waals surface area (Å²) in [5, 5.41) is 11.8. The van der Waals surface area contributed by atoms with Gasteiger partial charge in [-0.25, -0.2) is 4.98 Å². The molecule has 0 bridgehead atoms. The molecule has 0 radical (unpaired) electrons. The normalized spacial score (nSPS) is 9.27. The fourth-order valence-corrected chi connectivity index (χ4v) is 1.24. The van der Waals surface area contributed by atoms with Crippen molar-refractivity contribution in [2.24, 2.45) is 0 Å². The van der Waals surface area contributed by atoms with Crippen LogP contribution < -0.4 is 5.32 Å².